The van der Waals surface area contributed by atoms with E-state index >= 15 is 0 Å². The Morgan fingerprint density at radius 1 is 1.36 bits per heavy atom. The highest BCUT2D eigenvalue weighted by Gasteiger charge is 2.25. The first kappa shape index (κ1) is 13.3. The van der Waals surface area contributed by atoms with Crippen molar-refractivity contribution in [3.05, 3.63) is 11.8 Å². The summed E-state index contributed by atoms with van der Waals surface area (Å²) < 4.78 is 35.4. The lowest BCUT2D eigenvalue weighted by molar-refractivity contribution is -0.135. The maximum Gasteiger partial charge on any atom is 0.389 e. The Morgan fingerprint density at radius 2 is 1.93 bits per heavy atom. The zero-order valence-corrected chi connectivity index (χ0v) is 8.99. The summed E-state index contributed by atoms with van der Waals surface area (Å²) in [5.41, 5.74) is 1.18. The van der Waals surface area contributed by atoms with E-state index in [1.165, 1.54) is 5.57 Å². The minimum absolute atomic E-state index is 0.160. The van der Waals surface area contributed by atoms with Crippen molar-refractivity contribution in [1.29, 1.82) is 0 Å². The lowest BCUT2D eigenvalue weighted by Gasteiger charge is -2.15. The maximum absolute atomic E-state index is 11.8. The van der Waals surface area contributed by atoms with Crippen molar-refractivity contribution in [3.8, 4) is 0 Å². The molecule has 1 nitrogen and oxygen atoms in total. The molecule has 0 heterocycles. The van der Waals surface area contributed by atoms with E-state index < -0.39 is 12.6 Å². The minimum atomic E-state index is -4.02. The highest BCUT2D eigenvalue weighted by atomic mass is 19.4. The third-order valence-electron chi connectivity index (χ3n) is 1.97. The summed E-state index contributed by atoms with van der Waals surface area (Å²) in [5.74, 6) is 0. The molecule has 0 aliphatic carbocycles. The van der Waals surface area contributed by atoms with Crippen LogP contribution in [0.1, 0.15) is 33.1 Å². The third kappa shape index (κ3) is 7.95. The van der Waals surface area contributed by atoms with E-state index in [1.54, 1.807) is 7.05 Å². The van der Waals surface area contributed by atoms with Crippen molar-refractivity contribution in [2.45, 2.75) is 39.3 Å². The standard InChI is InChI=1S/C10H18F3N/c1-4-9(2)8-14(3)7-5-6-10(11,12)13/h8H,4-7H2,1-3H3/b9-8-. The number of rotatable bonds is 5. The highest BCUT2D eigenvalue weighted by Crippen LogP contribution is 2.21. The van der Waals surface area contributed by atoms with Crippen molar-refractivity contribution < 1.29 is 13.2 Å². The molecule has 0 radical (unpaired) electrons. The number of halogens is 3. The van der Waals surface area contributed by atoms with Gasteiger partial charge in [-0.3, -0.25) is 0 Å². The topological polar surface area (TPSA) is 3.24 Å². The van der Waals surface area contributed by atoms with Crippen LogP contribution in [0.15, 0.2) is 11.8 Å². The second-order valence-corrected chi connectivity index (χ2v) is 3.53. The van der Waals surface area contributed by atoms with Gasteiger partial charge in [-0.25, -0.2) is 0 Å². The molecule has 0 saturated carbocycles. The summed E-state index contributed by atoms with van der Waals surface area (Å²) in [6.07, 6.45) is -1.73. The van der Waals surface area contributed by atoms with E-state index in [0.29, 0.717) is 6.54 Å². The monoisotopic (exact) mass is 209 g/mol. The highest BCUT2D eigenvalue weighted by molar-refractivity contribution is 4.95. The Labute approximate surface area is 83.6 Å². The van der Waals surface area contributed by atoms with Gasteiger partial charge in [0.05, 0.1) is 0 Å². The molecule has 0 aliphatic rings. The second kappa shape index (κ2) is 5.94. The molecule has 0 aromatic carbocycles. The number of hydrogen-bond donors (Lipinski definition) is 0. The predicted octanol–water partition coefficient (Wildman–Crippen LogP) is 3.57. The molecule has 0 aliphatic heterocycles. The van der Waals surface area contributed by atoms with Gasteiger partial charge < -0.3 is 4.90 Å². The molecule has 0 aromatic heterocycles. The van der Waals surface area contributed by atoms with Gasteiger partial charge in [0.25, 0.3) is 0 Å². The molecule has 0 aromatic rings. The fraction of sp³-hybridized carbons (Fsp3) is 0.800. The van der Waals surface area contributed by atoms with Gasteiger partial charge in [0.15, 0.2) is 0 Å². The maximum atomic E-state index is 11.8. The fourth-order valence-electron chi connectivity index (χ4n) is 1.06. The van der Waals surface area contributed by atoms with Crippen LogP contribution in [0.4, 0.5) is 13.2 Å². The third-order valence-corrected chi connectivity index (χ3v) is 1.97. The Kier molecular flexibility index (Phi) is 5.65. The zero-order chi connectivity index (χ0) is 11.2. The first-order valence-electron chi connectivity index (χ1n) is 4.79. The van der Waals surface area contributed by atoms with Crippen molar-refractivity contribution in [1.82, 2.24) is 4.90 Å². The molecular formula is C10H18F3N. The van der Waals surface area contributed by atoms with Crippen LogP contribution >= 0.6 is 0 Å². The van der Waals surface area contributed by atoms with Crippen LogP contribution in [0.25, 0.3) is 0 Å². The Balaban J connectivity index is 3.70. The number of nitrogens with zero attached hydrogens (tertiary/aromatic N) is 1. The van der Waals surface area contributed by atoms with Crippen LogP contribution in [-0.2, 0) is 0 Å². The zero-order valence-electron chi connectivity index (χ0n) is 8.99. The lowest BCUT2D eigenvalue weighted by atomic mass is 10.2. The van der Waals surface area contributed by atoms with Gasteiger partial charge in [0, 0.05) is 20.0 Å². The van der Waals surface area contributed by atoms with Crippen LogP contribution < -0.4 is 0 Å². The van der Waals surface area contributed by atoms with E-state index in [1.807, 2.05) is 24.9 Å². The van der Waals surface area contributed by atoms with E-state index in [-0.39, 0.29) is 6.42 Å². The molecule has 0 amide bonds. The Hall–Kier alpha value is -0.670. The largest absolute Gasteiger partial charge is 0.389 e. The van der Waals surface area contributed by atoms with Gasteiger partial charge in [-0.05, 0) is 26.0 Å². The van der Waals surface area contributed by atoms with Gasteiger partial charge in [0.2, 0.25) is 0 Å². The lowest BCUT2D eigenvalue weighted by Crippen LogP contribution is -2.16. The molecule has 0 rings (SSSR count). The summed E-state index contributed by atoms with van der Waals surface area (Å²) in [7, 11) is 1.80. The van der Waals surface area contributed by atoms with Crippen LogP contribution in [0.3, 0.4) is 0 Å². The second-order valence-electron chi connectivity index (χ2n) is 3.53. The van der Waals surface area contributed by atoms with Crippen LogP contribution in [0, 0.1) is 0 Å². The van der Waals surface area contributed by atoms with Gasteiger partial charge in [-0.1, -0.05) is 12.5 Å². The van der Waals surface area contributed by atoms with E-state index in [4.69, 9.17) is 0 Å². The van der Waals surface area contributed by atoms with Crippen molar-refractivity contribution >= 4 is 0 Å². The first-order valence-corrected chi connectivity index (χ1v) is 4.79. The molecule has 14 heavy (non-hydrogen) atoms. The molecule has 0 bridgehead atoms. The molecule has 4 heteroatoms. The summed E-state index contributed by atoms with van der Waals surface area (Å²) in [6.45, 7) is 4.45. The van der Waals surface area contributed by atoms with Crippen molar-refractivity contribution in [2.24, 2.45) is 0 Å². The van der Waals surface area contributed by atoms with Gasteiger partial charge in [0.1, 0.15) is 0 Å². The van der Waals surface area contributed by atoms with Crippen LogP contribution in [0.2, 0.25) is 0 Å². The number of allylic oxidation sites excluding steroid dienone is 1. The predicted molar refractivity (Wildman–Crippen MR) is 52.0 cm³/mol. The average Bonchev–Trinajstić information content (AvgIpc) is 2.01. The smallest absolute Gasteiger partial charge is 0.380 e. The quantitative estimate of drug-likeness (QED) is 0.669. The SMILES string of the molecule is CC/C(C)=C\N(C)CCCC(F)(F)F. The minimum Gasteiger partial charge on any atom is -0.380 e. The normalized spacial score (nSPS) is 13.1. The molecule has 0 saturated heterocycles. The summed E-state index contributed by atoms with van der Waals surface area (Å²) in [6, 6.07) is 0. The first-order chi connectivity index (χ1) is 6.35. The molecule has 0 spiro atoms. The summed E-state index contributed by atoms with van der Waals surface area (Å²) in [4.78, 5) is 1.81. The number of alkyl halides is 3. The van der Waals surface area contributed by atoms with E-state index in [0.717, 1.165) is 6.42 Å². The molecule has 0 N–H and O–H groups in total. The molecule has 0 unspecified atom stereocenters. The Morgan fingerprint density at radius 3 is 2.36 bits per heavy atom. The van der Waals surface area contributed by atoms with Crippen LogP contribution in [-0.4, -0.2) is 24.7 Å². The molecule has 84 valence electrons. The summed E-state index contributed by atoms with van der Waals surface area (Å²) in [5, 5.41) is 0. The Bertz CT molecular complexity index is 184. The van der Waals surface area contributed by atoms with Gasteiger partial charge in [-0.2, -0.15) is 13.2 Å². The summed E-state index contributed by atoms with van der Waals surface area (Å²) >= 11 is 0. The average molecular weight is 209 g/mol. The molecular weight excluding hydrogens is 191 g/mol. The number of hydrogen-bond acceptors (Lipinski definition) is 1. The fourth-order valence-corrected chi connectivity index (χ4v) is 1.06. The van der Waals surface area contributed by atoms with Crippen molar-refractivity contribution in [2.75, 3.05) is 13.6 Å². The van der Waals surface area contributed by atoms with Gasteiger partial charge >= 0.3 is 6.18 Å². The van der Waals surface area contributed by atoms with Crippen molar-refractivity contribution in [3.63, 3.8) is 0 Å². The van der Waals surface area contributed by atoms with Crippen LogP contribution in [0.5, 0.6) is 0 Å². The van der Waals surface area contributed by atoms with Gasteiger partial charge in [-0.15, -0.1) is 0 Å². The van der Waals surface area contributed by atoms with E-state index in [2.05, 4.69) is 0 Å². The molecule has 0 atom stereocenters. The van der Waals surface area contributed by atoms with E-state index in [9.17, 15) is 13.2 Å². The molecule has 0 fully saturated rings.